The fourth-order valence-electron chi connectivity index (χ4n) is 2.67. The number of aryl methyl sites for hydroxylation is 2. The summed E-state index contributed by atoms with van der Waals surface area (Å²) in [5.74, 6) is 1.38. The highest BCUT2D eigenvalue weighted by Gasteiger charge is 2.14. The Labute approximate surface area is 156 Å². The molecule has 0 unspecified atom stereocenters. The summed E-state index contributed by atoms with van der Waals surface area (Å²) in [6.45, 7) is 7.62. The van der Waals surface area contributed by atoms with Crippen LogP contribution in [0.15, 0.2) is 24.3 Å². The van der Waals surface area contributed by atoms with Crippen LogP contribution >= 0.6 is 24.8 Å². The van der Waals surface area contributed by atoms with Crippen LogP contribution in [0.5, 0.6) is 0 Å². The average molecular weight is 375 g/mol. The first-order valence-corrected chi connectivity index (χ1v) is 7.94. The number of nitrogens with zero attached hydrogens (tertiary/aromatic N) is 2. The minimum Gasteiger partial charge on any atom is -0.355 e. The molecule has 136 valence electrons. The van der Waals surface area contributed by atoms with Crippen LogP contribution in [0.2, 0.25) is 0 Å². The van der Waals surface area contributed by atoms with Gasteiger partial charge in [0.25, 0.3) is 0 Å². The number of imidazole rings is 1. The Bertz CT molecular complexity index is 643. The van der Waals surface area contributed by atoms with Gasteiger partial charge in [-0.3, -0.25) is 4.79 Å². The molecule has 0 fully saturated rings. The average Bonchev–Trinajstić information content (AvgIpc) is 2.78. The van der Waals surface area contributed by atoms with Crippen LogP contribution < -0.4 is 11.1 Å². The first-order valence-electron chi connectivity index (χ1n) is 7.94. The zero-order valence-electron chi connectivity index (χ0n) is 14.5. The lowest BCUT2D eigenvalue weighted by atomic mass is 10.0. The molecule has 0 bridgehead atoms. The smallest absolute Gasteiger partial charge is 0.236 e. The summed E-state index contributed by atoms with van der Waals surface area (Å²) in [6.07, 6.45) is 1.58. The normalized spacial score (nSPS) is 11.7. The molecular formula is C17H28Cl2N4O. The Morgan fingerprint density at radius 1 is 1.29 bits per heavy atom. The van der Waals surface area contributed by atoms with E-state index in [2.05, 4.69) is 34.8 Å². The molecule has 5 nitrogen and oxygen atoms in total. The molecule has 0 aliphatic heterocycles. The lowest BCUT2D eigenvalue weighted by molar-refractivity contribution is -0.122. The van der Waals surface area contributed by atoms with E-state index in [0.717, 1.165) is 36.2 Å². The maximum Gasteiger partial charge on any atom is 0.236 e. The molecule has 1 atom stereocenters. The maximum atomic E-state index is 11.9. The molecule has 1 amide bonds. The standard InChI is InChI=1S/C17H26N4O.2ClH/c1-12(2)11-14(18)17(22)19-9-6-10-21-13(3)20-15-7-4-5-8-16(15)21;;/h4-5,7-8,12,14H,6,9-11,18H2,1-3H3,(H,19,22);2*1H/t14-;;/m0../s1. The lowest BCUT2D eigenvalue weighted by Gasteiger charge is -2.14. The molecule has 1 aromatic carbocycles. The summed E-state index contributed by atoms with van der Waals surface area (Å²) in [5.41, 5.74) is 8.02. The maximum absolute atomic E-state index is 11.9. The van der Waals surface area contributed by atoms with Gasteiger partial charge in [0.2, 0.25) is 5.91 Å². The second-order valence-electron chi connectivity index (χ2n) is 6.18. The first kappa shape index (κ1) is 22.7. The number of aromatic nitrogens is 2. The van der Waals surface area contributed by atoms with Gasteiger partial charge in [0.15, 0.2) is 0 Å². The number of amides is 1. The van der Waals surface area contributed by atoms with E-state index in [1.54, 1.807) is 0 Å². The van der Waals surface area contributed by atoms with E-state index in [1.807, 2.05) is 25.1 Å². The van der Waals surface area contributed by atoms with Gasteiger partial charge in [-0.15, -0.1) is 24.8 Å². The van der Waals surface area contributed by atoms with Crippen LogP contribution in [0, 0.1) is 12.8 Å². The van der Waals surface area contributed by atoms with Crippen LogP contribution in [0.3, 0.4) is 0 Å². The van der Waals surface area contributed by atoms with E-state index >= 15 is 0 Å². The predicted octanol–water partition coefficient (Wildman–Crippen LogP) is 3.07. The van der Waals surface area contributed by atoms with Gasteiger partial charge in [-0.25, -0.2) is 4.98 Å². The fourth-order valence-corrected chi connectivity index (χ4v) is 2.67. The summed E-state index contributed by atoms with van der Waals surface area (Å²) in [7, 11) is 0. The van der Waals surface area contributed by atoms with Gasteiger partial charge >= 0.3 is 0 Å². The van der Waals surface area contributed by atoms with Crippen molar-refractivity contribution in [2.24, 2.45) is 11.7 Å². The van der Waals surface area contributed by atoms with Crippen molar-refractivity contribution in [1.29, 1.82) is 0 Å². The number of nitrogens with one attached hydrogen (secondary N) is 1. The third-order valence-electron chi connectivity index (χ3n) is 3.77. The number of carbonyl (C=O) groups excluding carboxylic acids is 1. The largest absolute Gasteiger partial charge is 0.355 e. The minimum atomic E-state index is -0.407. The molecule has 3 N–H and O–H groups in total. The van der Waals surface area contributed by atoms with E-state index in [1.165, 1.54) is 0 Å². The molecule has 1 aromatic heterocycles. The van der Waals surface area contributed by atoms with E-state index in [0.29, 0.717) is 12.5 Å². The highest BCUT2D eigenvalue weighted by Crippen LogP contribution is 2.15. The van der Waals surface area contributed by atoms with Crippen molar-refractivity contribution in [2.75, 3.05) is 6.54 Å². The topological polar surface area (TPSA) is 72.9 Å². The molecule has 0 aliphatic rings. The predicted molar refractivity (Wildman–Crippen MR) is 104 cm³/mol. The number of fused-ring (bicyclic) bond motifs is 1. The van der Waals surface area contributed by atoms with Gasteiger partial charge in [0.1, 0.15) is 5.82 Å². The number of rotatable bonds is 7. The van der Waals surface area contributed by atoms with E-state index < -0.39 is 6.04 Å². The lowest BCUT2D eigenvalue weighted by Crippen LogP contribution is -2.41. The Balaban J connectivity index is 0.00000264. The van der Waals surface area contributed by atoms with E-state index in [-0.39, 0.29) is 30.7 Å². The van der Waals surface area contributed by atoms with E-state index in [9.17, 15) is 4.79 Å². The number of benzene rings is 1. The first-order chi connectivity index (χ1) is 10.5. The number of hydrogen-bond acceptors (Lipinski definition) is 3. The number of para-hydroxylation sites is 2. The molecule has 0 radical (unpaired) electrons. The number of nitrogens with two attached hydrogens (primary N) is 1. The van der Waals surface area contributed by atoms with Crippen molar-refractivity contribution in [2.45, 2.75) is 46.2 Å². The van der Waals surface area contributed by atoms with Crippen molar-refractivity contribution >= 4 is 41.8 Å². The number of carbonyl (C=O) groups is 1. The van der Waals surface area contributed by atoms with Crippen molar-refractivity contribution < 1.29 is 4.79 Å². The summed E-state index contributed by atoms with van der Waals surface area (Å²) in [6, 6.07) is 7.70. The Kier molecular flexibility index (Phi) is 9.97. The minimum absolute atomic E-state index is 0. The van der Waals surface area contributed by atoms with Crippen molar-refractivity contribution in [3.05, 3.63) is 30.1 Å². The zero-order chi connectivity index (χ0) is 16.1. The summed E-state index contributed by atoms with van der Waals surface area (Å²) >= 11 is 0. The molecule has 1 heterocycles. The van der Waals surface area contributed by atoms with Crippen LogP contribution in [-0.4, -0.2) is 28.0 Å². The van der Waals surface area contributed by atoms with Crippen molar-refractivity contribution in [3.63, 3.8) is 0 Å². The monoisotopic (exact) mass is 374 g/mol. The van der Waals surface area contributed by atoms with Gasteiger partial charge in [-0.1, -0.05) is 26.0 Å². The molecule has 2 rings (SSSR count). The molecule has 0 saturated heterocycles. The second kappa shape index (κ2) is 10.5. The molecule has 2 aromatic rings. The molecule has 24 heavy (non-hydrogen) atoms. The highest BCUT2D eigenvalue weighted by atomic mass is 35.5. The third kappa shape index (κ3) is 5.96. The Morgan fingerprint density at radius 3 is 2.62 bits per heavy atom. The van der Waals surface area contributed by atoms with Gasteiger partial charge in [0.05, 0.1) is 17.1 Å². The Morgan fingerprint density at radius 2 is 1.96 bits per heavy atom. The van der Waals surface area contributed by atoms with Crippen LogP contribution in [0.4, 0.5) is 0 Å². The molecule has 7 heteroatoms. The molecule has 0 aliphatic carbocycles. The third-order valence-corrected chi connectivity index (χ3v) is 3.77. The van der Waals surface area contributed by atoms with Crippen molar-refractivity contribution in [1.82, 2.24) is 14.9 Å². The quantitative estimate of drug-likeness (QED) is 0.731. The van der Waals surface area contributed by atoms with Crippen LogP contribution in [-0.2, 0) is 11.3 Å². The fraction of sp³-hybridized carbons (Fsp3) is 0.529. The molecule has 0 saturated carbocycles. The van der Waals surface area contributed by atoms with Gasteiger partial charge in [-0.2, -0.15) is 0 Å². The molecule has 0 spiro atoms. The summed E-state index contributed by atoms with van der Waals surface area (Å²) in [5, 5.41) is 2.92. The summed E-state index contributed by atoms with van der Waals surface area (Å²) in [4.78, 5) is 16.4. The SMILES string of the molecule is Cc1nc2ccccc2n1CCCNC(=O)[C@@H](N)CC(C)C.Cl.Cl. The molecular weight excluding hydrogens is 347 g/mol. The number of halogens is 2. The van der Waals surface area contributed by atoms with Gasteiger partial charge < -0.3 is 15.6 Å². The van der Waals surface area contributed by atoms with E-state index in [4.69, 9.17) is 5.73 Å². The Hall–Kier alpha value is -1.30. The summed E-state index contributed by atoms with van der Waals surface area (Å²) < 4.78 is 2.19. The van der Waals surface area contributed by atoms with Crippen molar-refractivity contribution in [3.8, 4) is 0 Å². The van der Waals surface area contributed by atoms with Crippen LogP contribution in [0.25, 0.3) is 11.0 Å². The van der Waals surface area contributed by atoms with Gasteiger partial charge in [0, 0.05) is 13.1 Å². The second-order valence-corrected chi connectivity index (χ2v) is 6.18. The zero-order valence-corrected chi connectivity index (χ0v) is 16.1. The van der Waals surface area contributed by atoms with Gasteiger partial charge in [-0.05, 0) is 37.8 Å². The highest BCUT2D eigenvalue weighted by molar-refractivity contribution is 5.85. The van der Waals surface area contributed by atoms with Crippen LogP contribution in [0.1, 0.15) is 32.5 Å². The number of hydrogen-bond donors (Lipinski definition) is 2.